The van der Waals surface area contributed by atoms with Gasteiger partial charge in [-0.05, 0) is 59.2 Å². The fourth-order valence-electron chi connectivity index (χ4n) is 5.45. The second-order valence-corrected chi connectivity index (χ2v) is 14.3. The quantitative estimate of drug-likeness (QED) is 0.308. The molecule has 7 nitrogen and oxygen atoms in total. The van der Waals surface area contributed by atoms with Crippen LogP contribution in [0.2, 0.25) is 0 Å². The van der Waals surface area contributed by atoms with Crippen LogP contribution >= 0.6 is 0 Å². The van der Waals surface area contributed by atoms with Crippen LogP contribution in [0.1, 0.15) is 63.1 Å². The minimum atomic E-state index is -3.86. The van der Waals surface area contributed by atoms with Gasteiger partial charge in [0, 0.05) is 19.0 Å². The van der Waals surface area contributed by atoms with Gasteiger partial charge in [0.2, 0.25) is 21.8 Å². The summed E-state index contributed by atoms with van der Waals surface area (Å²) in [6.45, 7) is 5.72. The highest BCUT2D eigenvalue weighted by molar-refractivity contribution is 7.92. The number of amides is 2. The number of benzene rings is 3. The van der Waals surface area contributed by atoms with Crippen molar-refractivity contribution in [3.8, 4) is 0 Å². The first kappa shape index (κ1) is 32.2. The Bertz CT molecular complexity index is 1480. The van der Waals surface area contributed by atoms with E-state index in [1.807, 2.05) is 42.5 Å². The van der Waals surface area contributed by atoms with Crippen LogP contribution in [0.15, 0.2) is 78.9 Å². The maximum atomic E-state index is 14.2. The highest BCUT2D eigenvalue weighted by Crippen LogP contribution is 2.27. The molecule has 9 heteroatoms. The Labute approximate surface area is 255 Å². The van der Waals surface area contributed by atoms with E-state index < -0.39 is 34.3 Å². The molecule has 0 heterocycles. The van der Waals surface area contributed by atoms with Crippen LogP contribution in [0.3, 0.4) is 0 Å². The fraction of sp³-hybridized carbons (Fsp3) is 0.412. The molecule has 230 valence electrons. The van der Waals surface area contributed by atoms with E-state index in [4.69, 9.17) is 0 Å². The maximum Gasteiger partial charge on any atom is 0.244 e. The zero-order chi connectivity index (χ0) is 31.2. The molecule has 1 aliphatic rings. The number of sulfonamides is 1. The van der Waals surface area contributed by atoms with Crippen LogP contribution in [-0.2, 0) is 38.0 Å². The maximum absolute atomic E-state index is 14.2. The molecule has 0 aromatic heterocycles. The first-order chi connectivity index (χ1) is 20.3. The van der Waals surface area contributed by atoms with Gasteiger partial charge in [-0.2, -0.15) is 0 Å². The van der Waals surface area contributed by atoms with Gasteiger partial charge in [-0.15, -0.1) is 0 Å². The van der Waals surface area contributed by atoms with Gasteiger partial charge in [0.1, 0.15) is 18.4 Å². The van der Waals surface area contributed by atoms with E-state index in [-0.39, 0.29) is 30.3 Å². The van der Waals surface area contributed by atoms with E-state index in [2.05, 4.69) is 26.1 Å². The number of hydrogen-bond donors (Lipinski definition) is 1. The van der Waals surface area contributed by atoms with Gasteiger partial charge < -0.3 is 10.2 Å². The van der Waals surface area contributed by atoms with Crippen molar-refractivity contribution in [3.05, 3.63) is 101 Å². The summed E-state index contributed by atoms with van der Waals surface area (Å²) in [5.41, 5.74) is 2.75. The second kappa shape index (κ2) is 13.7. The van der Waals surface area contributed by atoms with Gasteiger partial charge >= 0.3 is 0 Å². The summed E-state index contributed by atoms with van der Waals surface area (Å²) in [5, 5.41) is 3.14. The van der Waals surface area contributed by atoms with Crippen molar-refractivity contribution in [1.29, 1.82) is 0 Å². The molecule has 43 heavy (non-hydrogen) atoms. The van der Waals surface area contributed by atoms with Crippen molar-refractivity contribution in [2.24, 2.45) is 0 Å². The zero-order valence-electron chi connectivity index (χ0n) is 25.4. The molecule has 2 amide bonds. The SMILES string of the molecule is CC(C)(C)c1ccc(N(CC(=O)N(Cc2ccc(F)cc2)[C@@H](Cc2ccccc2)C(=O)NC2CCCC2)S(C)(=O)=O)cc1. The molecule has 1 atom stereocenters. The van der Waals surface area contributed by atoms with Crippen LogP contribution in [-0.4, -0.2) is 50.0 Å². The van der Waals surface area contributed by atoms with E-state index in [9.17, 15) is 22.4 Å². The molecule has 3 aromatic carbocycles. The van der Waals surface area contributed by atoms with Crippen LogP contribution in [0.25, 0.3) is 0 Å². The second-order valence-electron chi connectivity index (χ2n) is 12.4. The number of carbonyl (C=O) groups is 2. The Hall–Kier alpha value is -3.72. The van der Waals surface area contributed by atoms with Crippen molar-refractivity contribution >= 4 is 27.5 Å². The summed E-state index contributed by atoms with van der Waals surface area (Å²) in [6.07, 6.45) is 5.12. The molecular weight excluding hydrogens is 565 g/mol. The summed E-state index contributed by atoms with van der Waals surface area (Å²) in [7, 11) is -3.86. The third-order valence-electron chi connectivity index (χ3n) is 7.94. The van der Waals surface area contributed by atoms with Crippen molar-refractivity contribution in [2.45, 2.75) is 76.9 Å². The monoisotopic (exact) mass is 607 g/mol. The summed E-state index contributed by atoms with van der Waals surface area (Å²) in [5.74, 6) is -1.23. The molecule has 4 rings (SSSR count). The van der Waals surface area contributed by atoms with Crippen molar-refractivity contribution in [3.63, 3.8) is 0 Å². The van der Waals surface area contributed by atoms with Crippen LogP contribution in [0.5, 0.6) is 0 Å². The lowest BCUT2D eigenvalue weighted by Crippen LogP contribution is -2.54. The topological polar surface area (TPSA) is 86.8 Å². The highest BCUT2D eigenvalue weighted by atomic mass is 32.2. The summed E-state index contributed by atoms with van der Waals surface area (Å²) >= 11 is 0. The molecule has 1 N–H and O–H groups in total. The Balaban J connectivity index is 1.71. The van der Waals surface area contributed by atoms with Gasteiger partial charge in [-0.1, -0.05) is 88.2 Å². The summed E-state index contributed by atoms with van der Waals surface area (Å²) in [4.78, 5) is 29.5. The first-order valence-electron chi connectivity index (χ1n) is 14.8. The smallest absolute Gasteiger partial charge is 0.244 e. The van der Waals surface area contributed by atoms with Crippen molar-refractivity contribution in [2.75, 3.05) is 17.1 Å². The highest BCUT2D eigenvalue weighted by Gasteiger charge is 2.34. The lowest BCUT2D eigenvalue weighted by Gasteiger charge is -2.34. The molecular formula is C34H42FN3O4S. The van der Waals surface area contributed by atoms with Gasteiger partial charge in [-0.25, -0.2) is 12.8 Å². The molecule has 0 radical (unpaired) electrons. The minimum absolute atomic E-state index is 0.00919. The zero-order valence-corrected chi connectivity index (χ0v) is 26.2. The van der Waals surface area contributed by atoms with E-state index >= 15 is 0 Å². The number of carbonyl (C=O) groups excluding carboxylic acids is 2. The van der Waals surface area contributed by atoms with Gasteiger partial charge in [-0.3, -0.25) is 13.9 Å². The Kier molecular flexibility index (Phi) is 10.3. The molecule has 0 spiro atoms. The molecule has 0 saturated heterocycles. The Morgan fingerprint density at radius 1 is 0.907 bits per heavy atom. The minimum Gasteiger partial charge on any atom is -0.352 e. The van der Waals surface area contributed by atoms with E-state index in [0.29, 0.717) is 11.3 Å². The van der Waals surface area contributed by atoms with Crippen molar-refractivity contribution < 1.29 is 22.4 Å². The number of hydrogen-bond acceptors (Lipinski definition) is 4. The van der Waals surface area contributed by atoms with Gasteiger partial charge in [0.15, 0.2) is 0 Å². The predicted octanol–water partition coefficient (Wildman–Crippen LogP) is 5.59. The first-order valence-corrected chi connectivity index (χ1v) is 16.6. The summed E-state index contributed by atoms with van der Waals surface area (Å²) in [6, 6.07) is 21.4. The van der Waals surface area contributed by atoms with Crippen LogP contribution in [0.4, 0.5) is 10.1 Å². The number of anilines is 1. The fourth-order valence-corrected chi connectivity index (χ4v) is 6.30. The summed E-state index contributed by atoms with van der Waals surface area (Å²) < 4.78 is 40.9. The molecule has 0 aliphatic heterocycles. The van der Waals surface area contributed by atoms with Gasteiger partial charge in [0.25, 0.3) is 0 Å². The molecule has 1 aliphatic carbocycles. The molecule has 1 fully saturated rings. The largest absolute Gasteiger partial charge is 0.352 e. The number of nitrogens with one attached hydrogen (secondary N) is 1. The van der Waals surface area contributed by atoms with Crippen LogP contribution in [0, 0.1) is 5.82 Å². The normalized spacial score (nSPS) is 14.7. The van der Waals surface area contributed by atoms with E-state index in [0.717, 1.165) is 47.4 Å². The lowest BCUT2D eigenvalue weighted by molar-refractivity contribution is -0.140. The number of rotatable bonds is 11. The molecule has 3 aromatic rings. The Morgan fingerprint density at radius 2 is 1.51 bits per heavy atom. The number of nitrogens with zero attached hydrogens (tertiary/aromatic N) is 2. The standard InChI is InChI=1S/C34H42FN3O4S/c1-34(2,3)27-16-20-30(21-17-27)38(43(4,41)42)24-32(39)37(23-26-14-18-28(35)19-15-26)31(22-25-10-6-5-7-11-25)33(40)36-29-12-8-9-13-29/h5-7,10-11,14-21,29,31H,8-9,12-13,22-24H2,1-4H3,(H,36,40)/t31-/m0/s1. The lowest BCUT2D eigenvalue weighted by atomic mass is 9.87. The number of halogens is 1. The Morgan fingerprint density at radius 3 is 2.07 bits per heavy atom. The van der Waals surface area contributed by atoms with Crippen LogP contribution < -0.4 is 9.62 Å². The predicted molar refractivity (Wildman–Crippen MR) is 169 cm³/mol. The van der Waals surface area contributed by atoms with E-state index in [1.165, 1.54) is 17.0 Å². The van der Waals surface area contributed by atoms with E-state index in [1.54, 1.807) is 24.3 Å². The molecule has 1 saturated carbocycles. The molecule has 0 unspecified atom stereocenters. The van der Waals surface area contributed by atoms with Crippen molar-refractivity contribution in [1.82, 2.24) is 10.2 Å². The average molecular weight is 608 g/mol. The third-order valence-corrected chi connectivity index (χ3v) is 9.08. The third kappa shape index (κ3) is 8.89. The van der Waals surface area contributed by atoms with Gasteiger partial charge in [0.05, 0.1) is 11.9 Å². The average Bonchev–Trinajstić information content (AvgIpc) is 3.47. The molecule has 0 bridgehead atoms.